The van der Waals surface area contributed by atoms with Gasteiger partial charge in [0.1, 0.15) is 5.52 Å². The Morgan fingerprint density at radius 3 is 2.06 bits per heavy atom. The summed E-state index contributed by atoms with van der Waals surface area (Å²) in [5, 5.41) is 4.44. The van der Waals surface area contributed by atoms with E-state index in [9.17, 15) is 0 Å². The van der Waals surface area contributed by atoms with Gasteiger partial charge < -0.3 is 13.7 Å². The summed E-state index contributed by atoms with van der Waals surface area (Å²) in [5.41, 5.74) is 2.59. The molecule has 4 nitrogen and oxygen atoms in total. The molecule has 0 unspecified atom stereocenters. The number of nitrogens with zero attached hydrogens (tertiary/aromatic N) is 1. The van der Waals surface area contributed by atoms with Gasteiger partial charge >= 0.3 is 7.12 Å². The van der Waals surface area contributed by atoms with Gasteiger partial charge in [0, 0.05) is 10.9 Å². The van der Waals surface area contributed by atoms with E-state index in [0.717, 1.165) is 43.7 Å². The highest BCUT2D eigenvalue weighted by molar-refractivity contribution is 6.64. The maximum Gasteiger partial charge on any atom is 0.495 e. The van der Waals surface area contributed by atoms with Gasteiger partial charge in [-0.3, -0.25) is 0 Å². The van der Waals surface area contributed by atoms with Crippen molar-refractivity contribution < 1.29 is 13.7 Å². The van der Waals surface area contributed by atoms with Gasteiger partial charge in [-0.1, -0.05) is 60.7 Å². The van der Waals surface area contributed by atoms with E-state index in [1.807, 2.05) is 30.3 Å². The third-order valence-corrected chi connectivity index (χ3v) is 6.93. The highest BCUT2D eigenvalue weighted by Crippen LogP contribution is 2.38. The Morgan fingerprint density at radius 1 is 0.719 bits per heavy atom. The summed E-state index contributed by atoms with van der Waals surface area (Å²) in [6, 6.07) is 24.9. The molecule has 0 spiro atoms. The quantitative estimate of drug-likeness (QED) is 0.323. The molecular formula is C27H24BNO3. The van der Waals surface area contributed by atoms with Crippen molar-refractivity contribution in [3.63, 3.8) is 0 Å². The number of rotatable bonds is 2. The molecule has 5 aromatic rings. The minimum Gasteiger partial charge on any atom is -0.435 e. The molecule has 6 rings (SSSR count). The molecule has 0 N–H and O–H groups in total. The predicted octanol–water partition coefficient (Wildman–Crippen LogP) is 6.10. The fourth-order valence-electron chi connectivity index (χ4n) is 4.38. The summed E-state index contributed by atoms with van der Waals surface area (Å²) in [7, 11) is -0.508. The van der Waals surface area contributed by atoms with Crippen LogP contribution in [0.3, 0.4) is 0 Å². The van der Waals surface area contributed by atoms with Crippen LogP contribution in [0.15, 0.2) is 77.2 Å². The Hall–Kier alpha value is -3.15. The maximum atomic E-state index is 6.41. The summed E-state index contributed by atoms with van der Waals surface area (Å²) in [6.07, 6.45) is 0. The lowest BCUT2D eigenvalue weighted by molar-refractivity contribution is 0.00578. The van der Waals surface area contributed by atoms with E-state index in [1.54, 1.807) is 0 Å². The average molecular weight is 421 g/mol. The van der Waals surface area contributed by atoms with Gasteiger partial charge in [-0.2, -0.15) is 0 Å². The third-order valence-electron chi connectivity index (χ3n) is 6.93. The van der Waals surface area contributed by atoms with E-state index < -0.39 is 18.3 Å². The average Bonchev–Trinajstić information content (AvgIpc) is 3.30. The molecule has 0 amide bonds. The highest BCUT2D eigenvalue weighted by atomic mass is 16.7. The van der Waals surface area contributed by atoms with Crippen LogP contribution in [0, 0.1) is 0 Å². The van der Waals surface area contributed by atoms with Crippen molar-refractivity contribution in [2.45, 2.75) is 38.9 Å². The van der Waals surface area contributed by atoms with E-state index in [2.05, 4.69) is 70.2 Å². The molecule has 1 fully saturated rings. The van der Waals surface area contributed by atoms with Gasteiger partial charge in [0.05, 0.1) is 11.2 Å². The summed E-state index contributed by atoms with van der Waals surface area (Å²) < 4.78 is 19.2. The predicted molar refractivity (Wildman–Crippen MR) is 130 cm³/mol. The van der Waals surface area contributed by atoms with Gasteiger partial charge in [-0.25, -0.2) is 4.98 Å². The Kier molecular flexibility index (Phi) is 4.08. The summed E-state index contributed by atoms with van der Waals surface area (Å²) >= 11 is 0. The van der Waals surface area contributed by atoms with Crippen molar-refractivity contribution in [2.24, 2.45) is 0 Å². The van der Waals surface area contributed by atoms with Crippen LogP contribution in [0.1, 0.15) is 27.7 Å². The second kappa shape index (κ2) is 6.68. The van der Waals surface area contributed by atoms with Crippen LogP contribution in [-0.2, 0) is 9.31 Å². The minimum atomic E-state index is -0.508. The molecule has 5 heteroatoms. The fraction of sp³-hybridized carbons (Fsp3) is 0.222. The molecule has 4 aromatic carbocycles. The smallest absolute Gasteiger partial charge is 0.435 e. The molecule has 1 saturated heterocycles. The molecule has 0 aliphatic carbocycles. The maximum absolute atomic E-state index is 6.41. The van der Waals surface area contributed by atoms with Crippen LogP contribution in [-0.4, -0.2) is 23.3 Å². The molecule has 0 bridgehead atoms. The number of fused-ring (bicyclic) bond motifs is 4. The molecule has 2 heterocycles. The van der Waals surface area contributed by atoms with Gasteiger partial charge in [-0.05, 0) is 61.4 Å². The third kappa shape index (κ3) is 2.89. The summed E-state index contributed by atoms with van der Waals surface area (Å²) in [5.74, 6) is 0.576. The highest BCUT2D eigenvalue weighted by Gasteiger charge is 2.52. The lowest BCUT2D eigenvalue weighted by Gasteiger charge is -2.32. The van der Waals surface area contributed by atoms with Gasteiger partial charge in [0.25, 0.3) is 0 Å². The van der Waals surface area contributed by atoms with Gasteiger partial charge in [0.15, 0.2) is 5.58 Å². The van der Waals surface area contributed by atoms with Crippen molar-refractivity contribution in [3.8, 4) is 11.5 Å². The van der Waals surface area contributed by atoms with E-state index in [1.165, 1.54) is 0 Å². The van der Waals surface area contributed by atoms with E-state index in [4.69, 9.17) is 18.7 Å². The van der Waals surface area contributed by atoms with Crippen LogP contribution in [0.2, 0.25) is 0 Å². The molecule has 158 valence electrons. The van der Waals surface area contributed by atoms with Crippen LogP contribution in [0.25, 0.3) is 44.1 Å². The second-order valence-electron chi connectivity index (χ2n) is 9.53. The number of oxazole rings is 1. The Bertz CT molecular complexity index is 1490. The molecule has 0 atom stereocenters. The summed E-state index contributed by atoms with van der Waals surface area (Å²) in [6.45, 7) is 8.27. The van der Waals surface area contributed by atoms with Crippen LogP contribution < -0.4 is 5.46 Å². The van der Waals surface area contributed by atoms with E-state index in [0.29, 0.717) is 5.89 Å². The summed E-state index contributed by atoms with van der Waals surface area (Å²) in [4.78, 5) is 4.87. The van der Waals surface area contributed by atoms with Crippen LogP contribution >= 0.6 is 0 Å². The number of hydrogen-bond acceptors (Lipinski definition) is 4. The van der Waals surface area contributed by atoms with E-state index >= 15 is 0 Å². The zero-order valence-corrected chi connectivity index (χ0v) is 18.7. The number of hydrogen-bond donors (Lipinski definition) is 0. The Balaban J connectivity index is 1.59. The topological polar surface area (TPSA) is 44.5 Å². The lowest BCUT2D eigenvalue weighted by atomic mass is 9.75. The van der Waals surface area contributed by atoms with Gasteiger partial charge in [-0.15, -0.1) is 0 Å². The van der Waals surface area contributed by atoms with Crippen molar-refractivity contribution >= 4 is 45.2 Å². The van der Waals surface area contributed by atoms with Crippen molar-refractivity contribution in [2.75, 3.05) is 0 Å². The van der Waals surface area contributed by atoms with Crippen molar-refractivity contribution in [1.29, 1.82) is 0 Å². The largest absolute Gasteiger partial charge is 0.495 e. The first kappa shape index (κ1) is 19.5. The first-order chi connectivity index (χ1) is 15.3. The first-order valence-electron chi connectivity index (χ1n) is 11.0. The van der Waals surface area contributed by atoms with Crippen molar-refractivity contribution in [3.05, 3.63) is 72.8 Å². The SMILES string of the molecule is CC1(C)OB(c2cc3ccccc3cc2-c2nc3ccc4ccccc4c3o2)OC1(C)C. The molecule has 32 heavy (non-hydrogen) atoms. The normalized spacial score (nSPS) is 17.6. The monoisotopic (exact) mass is 421 g/mol. The molecule has 0 saturated carbocycles. The lowest BCUT2D eigenvalue weighted by Crippen LogP contribution is -2.41. The molecule has 0 radical (unpaired) electrons. The molecule has 1 aliphatic rings. The van der Waals surface area contributed by atoms with E-state index in [-0.39, 0.29) is 0 Å². The standard InChI is InChI=1S/C27H24BNO3/c1-26(2)27(3,4)32-28(31-26)22-16-19-11-6-5-10-18(19)15-21(22)25-29-23-14-13-17-9-7-8-12-20(17)24(23)30-25/h5-16H,1-4H3. The fourth-order valence-corrected chi connectivity index (χ4v) is 4.38. The Labute approximate surface area is 187 Å². The Morgan fingerprint density at radius 2 is 1.34 bits per heavy atom. The molecular weight excluding hydrogens is 397 g/mol. The van der Waals surface area contributed by atoms with Gasteiger partial charge in [0.2, 0.25) is 5.89 Å². The van der Waals surface area contributed by atoms with Crippen LogP contribution in [0.5, 0.6) is 0 Å². The zero-order valence-electron chi connectivity index (χ0n) is 18.7. The minimum absolute atomic E-state index is 0.432. The van der Waals surface area contributed by atoms with Crippen LogP contribution in [0.4, 0.5) is 0 Å². The second-order valence-corrected chi connectivity index (χ2v) is 9.53. The zero-order chi connectivity index (χ0) is 22.1. The first-order valence-corrected chi connectivity index (χ1v) is 11.0. The number of aromatic nitrogens is 1. The number of benzene rings is 4. The van der Waals surface area contributed by atoms with Crippen molar-refractivity contribution in [1.82, 2.24) is 4.98 Å². The molecule has 1 aromatic heterocycles. The molecule has 1 aliphatic heterocycles.